The highest BCUT2D eigenvalue weighted by molar-refractivity contribution is 6.17. The molecule has 1 heterocycles. The van der Waals surface area contributed by atoms with Gasteiger partial charge in [-0.2, -0.15) is 0 Å². The Balaban J connectivity index is 2.49. The minimum atomic E-state index is 0.0720. The Bertz CT molecular complexity index is 203. The summed E-state index contributed by atoms with van der Waals surface area (Å²) < 4.78 is 5.24. The first-order valence-corrected chi connectivity index (χ1v) is 6.14. The third-order valence-corrected chi connectivity index (χ3v) is 2.99. The fraction of sp³-hybridized carbons (Fsp3) is 0.909. The van der Waals surface area contributed by atoms with E-state index in [2.05, 4.69) is 0 Å². The second-order valence-electron chi connectivity index (χ2n) is 4.23. The number of rotatable bonds is 5. The highest BCUT2D eigenvalue weighted by Gasteiger charge is 2.28. The largest absolute Gasteiger partial charge is 0.381 e. The quantitative estimate of drug-likeness (QED) is 0.679. The Morgan fingerprint density at radius 1 is 1.60 bits per heavy atom. The van der Waals surface area contributed by atoms with Crippen LogP contribution in [0, 0.1) is 5.92 Å². The van der Waals surface area contributed by atoms with E-state index in [0.717, 1.165) is 26.0 Å². The summed E-state index contributed by atoms with van der Waals surface area (Å²) in [4.78, 5) is 14.0. The summed E-state index contributed by atoms with van der Waals surface area (Å²) >= 11 is 5.65. The third-order valence-electron chi connectivity index (χ3n) is 2.72. The molecule has 0 bridgehead atoms. The predicted octanol–water partition coefficient (Wildman–Crippen LogP) is 1.89. The molecule has 1 fully saturated rings. The van der Waals surface area contributed by atoms with E-state index in [4.69, 9.17) is 16.3 Å². The topological polar surface area (TPSA) is 29.5 Å². The zero-order valence-electron chi connectivity index (χ0n) is 9.54. The van der Waals surface area contributed by atoms with Crippen LogP contribution in [0.4, 0.5) is 0 Å². The predicted molar refractivity (Wildman–Crippen MR) is 61.1 cm³/mol. The second-order valence-corrected chi connectivity index (χ2v) is 4.61. The summed E-state index contributed by atoms with van der Waals surface area (Å²) in [6.45, 7) is 6.15. The molecule has 0 N–H and O–H groups in total. The van der Waals surface area contributed by atoms with E-state index < -0.39 is 0 Å². The standard InChI is InChI=1S/C11H20ClNO2/c1-9(2)13(6-3-5-12)11(14)10-4-7-15-8-10/h9-10H,3-8H2,1-2H3. The molecule has 0 aromatic heterocycles. The lowest BCUT2D eigenvalue weighted by molar-refractivity contribution is -0.137. The van der Waals surface area contributed by atoms with Crippen molar-refractivity contribution in [1.82, 2.24) is 4.90 Å². The second kappa shape index (κ2) is 6.33. The van der Waals surface area contributed by atoms with Gasteiger partial charge in [0.05, 0.1) is 12.5 Å². The van der Waals surface area contributed by atoms with Crippen LogP contribution in [0.15, 0.2) is 0 Å². The average molecular weight is 234 g/mol. The number of nitrogens with zero attached hydrogens (tertiary/aromatic N) is 1. The van der Waals surface area contributed by atoms with E-state index in [1.54, 1.807) is 0 Å². The summed E-state index contributed by atoms with van der Waals surface area (Å²) in [6.07, 6.45) is 1.72. The summed E-state index contributed by atoms with van der Waals surface area (Å²) in [5, 5.41) is 0. The number of hydrogen-bond donors (Lipinski definition) is 0. The molecule has 0 aromatic rings. The maximum Gasteiger partial charge on any atom is 0.228 e. The lowest BCUT2D eigenvalue weighted by atomic mass is 10.1. The smallest absolute Gasteiger partial charge is 0.228 e. The van der Waals surface area contributed by atoms with Crippen LogP contribution in [0.25, 0.3) is 0 Å². The van der Waals surface area contributed by atoms with Gasteiger partial charge in [0, 0.05) is 25.1 Å². The van der Waals surface area contributed by atoms with E-state index >= 15 is 0 Å². The van der Waals surface area contributed by atoms with E-state index in [0.29, 0.717) is 12.5 Å². The first-order chi connectivity index (χ1) is 7.16. The molecule has 1 atom stereocenters. The van der Waals surface area contributed by atoms with Crippen LogP contribution in [0.5, 0.6) is 0 Å². The van der Waals surface area contributed by atoms with Crippen LogP contribution >= 0.6 is 11.6 Å². The third kappa shape index (κ3) is 3.65. The molecule has 1 aliphatic heterocycles. The molecule has 1 amide bonds. The molecule has 4 heteroatoms. The molecule has 0 spiro atoms. The monoisotopic (exact) mass is 233 g/mol. The maximum atomic E-state index is 12.1. The summed E-state index contributed by atoms with van der Waals surface area (Å²) in [5.74, 6) is 0.910. The normalized spacial score (nSPS) is 20.9. The van der Waals surface area contributed by atoms with Gasteiger partial charge in [-0.3, -0.25) is 4.79 Å². The molecule has 0 radical (unpaired) electrons. The van der Waals surface area contributed by atoms with Crippen LogP contribution in [-0.2, 0) is 9.53 Å². The zero-order valence-corrected chi connectivity index (χ0v) is 10.3. The molecule has 0 saturated carbocycles. The molecular weight excluding hydrogens is 214 g/mol. The van der Waals surface area contributed by atoms with Crippen LogP contribution in [0.2, 0.25) is 0 Å². The lowest BCUT2D eigenvalue weighted by Crippen LogP contribution is -2.41. The molecule has 1 unspecified atom stereocenters. The number of hydrogen-bond acceptors (Lipinski definition) is 2. The van der Waals surface area contributed by atoms with Crippen LogP contribution in [0.3, 0.4) is 0 Å². The highest BCUT2D eigenvalue weighted by Crippen LogP contribution is 2.17. The number of amides is 1. The fourth-order valence-corrected chi connectivity index (χ4v) is 1.94. The van der Waals surface area contributed by atoms with Crippen molar-refractivity contribution in [1.29, 1.82) is 0 Å². The van der Waals surface area contributed by atoms with Crippen molar-refractivity contribution in [2.45, 2.75) is 32.7 Å². The van der Waals surface area contributed by atoms with Gasteiger partial charge >= 0.3 is 0 Å². The molecular formula is C11H20ClNO2. The Morgan fingerprint density at radius 3 is 2.80 bits per heavy atom. The minimum Gasteiger partial charge on any atom is -0.381 e. The van der Waals surface area contributed by atoms with Gasteiger partial charge in [-0.1, -0.05) is 0 Å². The summed E-state index contributed by atoms with van der Waals surface area (Å²) in [7, 11) is 0. The summed E-state index contributed by atoms with van der Waals surface area (Å²) in [5.41, 5.74) is 0. The van der Waals surface area contributed by atoms with E-state index in [1.165, 1.54) is 0 Å². The van der Waals surface area contributed by atoms with Gasteiger partial charge in [-0.05, 0) is 26.7 Å². The van der Waals surface area contributed by atoms with Crippen molar-refractivity contribution in [3.63, 3.8) is 0 Å². The zero-order chi connectivity index (χ0) is 11.3. The number of halogens is 1. The molecule has 15 heavy (non-hydrogen) atoms. The van der Waals surface area contributed by atoms with Crippen molar-refractivity contribution < 1.29 is 9.53 Å². The van der Waals surface area contributed by atoms with Crippen LogP contribution in [-0.4, -0.2) is 42.5 Å². The first-order valence-electron chi connectivity index (χ1n) is 5.61. The Kier molecular flexibility index (Phi) is 5.40. The van der Waals surface area contributed by atoms with Gasteiger partial charge in [-0.25, -0.2) is 0 Å². The van der Waals surface area contributed by atoms with Crippen molar-refractivity contribution in [2.75, 3.05) is 25.6 Å². The highest BCUT2D eigenvalue weighted by atomic mass is 35.5. The fourth-order valence-electron chi connectivity index (χ4n) is 1.82. The average Bonchev–Trinajstić information content (AvgIpc) is 2.70. The van der Waals surface area contributed by atoms with Crippen molar-refractivity contribution in [3.8, 4) is 0 Å². The molecule has 3 nitrogen and oxygen atoms in total. The van der Waals surface area contributed by atoms with Crippen molar-refractivity contribution >= 4 is 17.5 Å². The SMILES string of the molecule is CC(C)N(CCCCl)C(=O)C1CCOC1. The molecule has 1 aliphatic rings. The Morgan fingerprint density at radius 2 is 2.33 bits per heavy atom. The van der Waals surface area contributed by atoms with Gasteiger partial charge in [0.25, 0.3) is 0 Å². The first kappa shape index (κ1) is 12.8. The molecule has 1 saturated heterocycles. The molecule has 0 aliphatic carbocycles. The van der Waals surface area contributed by atoms with Crippen LogP contribution in [0.1, 0.15) is 26.7 Å². The summed E-state index contributed by atoms with van der Waals surface area (Å²) in [6, 6.07) is 0.251. The van der Waals surface area contributed by atoms with Gasteiger partial charge in [0.2, 0.25) is 5.91 Å². The number of carbonyl (C=O) groups excluding carboxylic acids is 1. The van der Waals surface area contributed by atoms with Crippen molar-refractivity contribution in [3.05, 3.63) is 0 Å². The Hall–Kier alpha value is -0.280. The van der Waals surface area contributed by atoms with Crippen LogP contribution < -0.4 is 0 Å². The van der Waals surface area contributed by atoms with E-state index in [1.807, 2.05) is 18.7 Å². The number of carbonyl (C=O) groups is 1. The number of alkyl halides is 1. The maximum absolute atomic E-state index is 12.1. The minimum absolute atomic E-state index is 0.0720. The molecule has 88 valence electrons. The molecule has 1 rings (SSSR count). The lowest BCUT2D eigenvalue weighted by Gasteiger charge is -2.28. The molecule has 0 aromatic carbocycles. The van der Waals surface area contributed by atoms with E-state index in [9.17, 15) is 4.79 Å². The van der Waals surface area contributed by atoms with E-state index in [-0.39, 0.29) is 17.9 Å². The van der Waals surface area contributed by atoms with Gasteiger partial charge in [0.15, 0.2) is 0 Å². The van der Waals surface area contributed by atoms with Gasteiger partial charge in [-0.15, -0.1) is 11.6 Å². The Labute approximate surface area is 96.7 Å². The number of ether oxygens (including phenoxy) is 1. The van der Waals surface area contributed by atoms with Crippen molar-refractivity contribution in [2.24, 2.45) is 5.92 Å². The van der Waals surface area contributed by atoms with Gasteiger partial charge in [0.1, 0.15) is 0 Å². The van der Waals surface area contributed by atoms with Gasteiger partial charge < -0.3 is 9.64 Å².